The quantitative estimate of drug-likeness (QED) is 0.665. The van der Waals surface area contributed by atoms with E-state index in [-0.39, 0.29) is 5.75 Å². The minimum absolute atomic E-state index is 0.123. The summed E-state index contributed by atoms with van der Waals surface area (Å²) >= 11 is 0. The zero-order valence-corrected chi connectivity index (χ0v) is 16.0. The van der Waals surface area contributed by atoms with Crippen molar-refractivity contribution in [3.05, 3.63) is 53.7 Å². The number of hydrogen-bond donors (Lipinski definition) is 2. The molecule has 0 bridgehead atoms. The summed E-state index contributed by atoms with van der Waals surface area (Å²) in [6.07, 6.45) is -0.391. The van der Waals surface area contributed by atoms with Crippen molar-refractivity contribution in [2.24, 2.45) is 5.92 Å². The van der Waals surface area contributed by atoms with Crippen molar-refractivity contribution in [3.63, 3.8) is 0 Å². The third kappa shape index (κ3) is 3.72. The van der Waals surface area contributed by atoms with Crippen LogP contribution in [0.25, 0.3) is 22.0 Å². The SMILES string of the molecule is Cc1ccc(-c2c(N(C)C(=O)O)c(CC(C)C)nc3ccc(O)cc23)cc1. The molecule has 0 aliphatic heterocycles. The number of nitrogens with zero attached hydrogens (tertiary/aromatic N) is 2. The second-order valence-electron chi connectivity index (χ2n) is 7.29. The first-order valence-corrected chi connectivity index (χ1v) is 8.97. The van der Waals surface area contributed by atoms with Gasteiger partial charge in [0.05, 0.1) is 16.9 Å². The lowest BCUT2D eigenvalue weighted by Crippen LogP contribution is -2.26. The maximum absolute atomic E-state index is 11.8. The highest BCUT2D eigenvalue weighted by Gasteiger charge is 2.23. The minimum atomic E-state index is -1.05. The Morgan fingerprint density at radius 1 is 1.15 bits per heavy atom. The number of phenols is 1. The first-order chi connectivity index (χ1) is 12.8. The number of anilines is 1. The summed E-state index contributed by atoms with van der Waals surface area (Å²) in [6, 6.07) is 13.0. The molecule has 3 rings (SSSR count). The van der Waals surface area contributed by atoms with Gasteiger partial charge in [-0.2, -0.15) is 0 Å². The van der Waals surface area contributed by atoms with E-state index in [1.807, 2.05) is 31.2 Å². The van der Waals surface area contributed by atoms with Crippen LogP contribution in [0.5, 0.6) is 5.75 Å². The molecular formula is C22H24N2O3. The molecule has 0 aliphatic carbocycles. The van der Waals surface area contributed by atoms with Crippen LogP contribution >= 0.6 is 0 Å². The number of aryl methyl sites for hydroxylation is 1. The van der Waals surface area contributed by atoms with Gasteiger partial charge in [-0.15, -0.1) is 0 Å². The Labute approximate surface area is 158 Å². The van der Waals surface area contributed by atoms with Gasteiger partial charge in [0.15, 0.2) is 0 Å². The fourth-order valence-corrected chi connectivity index (χ4v) is 3.29. The lowest BCUT2D eigenvalue weighted by Gasteiger charge is -2.24. The maximum atomic E-state index is 11.8. The third-order valence-corrected chi connectivity index (χ3v) is 4.58. The number of benzene rings is 2. The number of hydrogen-bond acceptors (Lipinski definition) is 3. The molecule has 140 valence electrons. The number of amides is 1. The third-order valence-electron chi connectivity index (χ3n) is 4.58. The lowest BCUT2D eigenvalue weighted by atomic mass is 9.94. The van der Waals surface area contributed by atoms with Gasteiger partial charge >= 0.3 is 6.09 Å². The van der Waals surface area contributed by atoms with Gasteiger partial charge in [0.25, 0.3) is 0 Å². The van der Waals surface area contributed by atoms with Gasteiger partial charge in [-0.05, 0) is 43.0 Å². The smallest absolute Gasteiger partial charge is 0.411 e. The van der Waals surface area contributed by atoms with E-state index in [2.05, 4.69) is 13.8 Å². The summed E-state index contributed by atoms with van der Waals surface area (Å²) < 4.78 is 0. The van der Waals surface area contributed by atoms with Crippen LogP contribution in [0.3, 0.4) is 0 Å². The lowest BCUT2D eigenvalue weighted by molar-refractivity contribution is 0.203. The number of pyridine rings is 1. The number of phenolic OH excluding ortho intramolecular Hbond substituents is 1. The van der Waals surface area contributed by atoms with Crippen molar-refractivity contribution >= 4 is 22.7 Å². The molecule has 2 N–H and O–H groups in total. The Balaban J connectivity index is 2.45. The molecule has 3 aromatic rings. The number of rotatable bonds is 4. The molecule has 0 saturated carbocycles. The number of fused-ring (bicyclic) bond motifs is 1. The first kappa shape index (κ1) is 18.7. The molecule has 0 fully saturated rings. The average Bonchev–Trinajstić information content (AvgIpc) is 2.60. The summed E-state index contributed by atoms with van der Waals surface area (Å²) in [5, 5.41) is 20.5. The zero-order valence-electron chi connectivity index (χ0n) is 16.0. The predicted octanol–water partition coefficient (Wildman–Crippen LogP) is 5.23. The van der Waals surface area contributed by atoms with Crippen LogP contribution in [0.15, 0.2) is 42.5 Å². The molecule has 1 amide bonds. The van der Waals surface area contributed by atoms with Gasteiger partial charge in [-0.1, -0.05) is 43.7 Å². The number of aromatic hydroxyl groups is 1. The Morgan fingerprint density at radius 2 is 1.81 bits per heavy atom. The number of carboxylic acid groups (broad SMARTS) is 1. The van der Waals surface area contributed by atoms with E-state index in [1.165, 1.54) is 11.9 Å². The Bertz CT molecular complexity index is 995. The summed E-state index contributed by atoms with van der Waals surface area (Å²) in [5.41, 5.74) is 4.84. The highest BCUT2D eigenvalue weighted by Crippen LogP contribution is 2.40. The summed E-state index contributed by atoms with van der Waals surface area (Å²) in [4.78, 5) is 17.8. The summed E-state index contributed by atoms with van der Waals surface area (Å²) in [6.45, 7) is 6.17. The average molecular weight is 364 g/mol. The van der Waals surface area contributed by atoms with Crippen molar-refractivity contribution in [2.75, 3.05) is 11.9 Å². The van der Waals surface area contributed by atoms with Crippen LogP contribution in [-0.2, 0) is 6.42 Å². The van der Waals surface area contributed by atoms with Crippen LogP contribution in [0.4, 0.5) is 10.5 Å². The van der Waals surface area contributed by atoms with Crippen LogP contribution in [0.2, 0.25) is 0 Å². The van der Waals surface area contributed by atoms with E-state index in [9.17, 15) is 15.0 Å². The van der Waals surface area contributed by atoms with Crippen molar-refractivity contribution in [2.45, 2.75) is 27.2 Å². The second-order valence-corrected chi connectivity index (χ2v) is 7.29. The molecule has 0 unspecified atom stereocenters. The van der Waals surface area contributed by atoms with E-state index in [0.29, 0.717) is 18.0 Å². The maximum Gasteiger partial charge on any atom is 0.411 e. The van der Waals surface area contributed by atoms with E-state index < -0.39 is 6.09 Å². The van der Waals surface area contributed by atoms with Crippen molar-refractivity contribution in [3.8, 4) is 16.9 Å². The van der Waals surface area contributed by atoms with Gasteiger partial charge in [-0.25, -0.2) is 4.79 Å². The molecular weight excluding hydrogens is 340 g/mol. The molecule has 1 aromatic heterocycles. The molecule has 27 heavy (non-hydrogen) atoms. The second kappa shape index (κ2) is 7.27. The number of carbonyl (C=O) groups is 1. The highest BCUT2D eigenvalue weighted by molar-refractivity contribution is 6.06. The molecule has 0 saturated heterocycles. The van der Waals surface area contributed by atoms with Crippen molar-refractivity contribution < 1.29 is 15.0 Å². The van der Waals surface area contributed by atoms with Gasteiger partial charge in [0, 0.05) is 18.0 Å². The van der Waals surface area contributed by atoms with Crippen molar-refractivity contribution in [1.29, 1.82) is 0 Å². The molecule has 0 spiro atoms. The fourth-order valence-electron chi connectivity index (χ4n) is 3.29. The largest absolute Gasteiger partial charge is 0.508 e. The minimum Gasteiger partial charge on any atom is -0.508 e. The van der Waals surface area contributed by atoms with Gasteiger partial charge in [0.2, 0.25) is 0 Å². The first-order valence-electron chi connectivity index (χ1n) is 8.97. The summed E-state index contributed by atoms with van der Waals surface area (Å²) in [7, 11) is 1.54. The van der Waals surface area contributed by atoms with E-state index in [1.54, 1.807) is 18.2 Å². The number of aromatic nitrogens is 1. The molecule has 5 heteroatoms. The Kier molecular flexibility index (Phi) is 5.04. The van der Waals surface area contributed by atoms with Crippen LogP contribution in [0.1, 0.15) is 25.1 Å². The van der Waals surface area contributed by atoms with E-state index in [0.717, 1.165) is 33.3 Å². The topological polar surface area (TPSA) is 73.7 Å². The van der Waals surface area contributed by atoms with Gasteiger partial charge in [-0.3, -0.25) is 9.88 Å². The van der Waals surface area contributed by atoms with Gasteiger partial charge in [0.1, 0.15) is 5.75 Å². The molecule has 0 atom stereocenters. The molecule has 0 radical (unpaired) electrons. The van der Waals surface area contributed by atoms with Gasteiger partial charge < -0.3 is 10.2 Å². The standard InChI is InChI=1S/C22H24N2O3/c1-13(2)11-19-21(24(4)22(26)27)20(15-7-5-14(3)6-8-15)17-12-16(25)9-10-18(17)23-19/h5-10,12-13,25H,11H2,1-4H3,(H,26,27). The van der Waals surface area contributed by atoms with Crippen LogP contribution in [0, 0.1) is 12.8 Å². The Hall–Kier alpha value is -3.08. The molecule has 2 aromatic carbocycles. The molecule has 5 nitrogen and oxygen atoms in total. The van der Waals surface area contributed by atoms with Crippen molar-refractivity contribution in [1.82, 2.24) is 4.98 Å². The highest BCUT2D eigenvalue weighted by atomic mass is 16.4. The normalized spacial score (nSPS) is 11.1. The molecule has 1 heterocycles. The fraction of sp³-hybridized carbons (Fsp3) is 0.273. The summed E-state index contributed by atoms with van der Waals surface area (Å²) in [5.74, 6) is 0.442. The Morgan fingerprint density at radius 3 is 2.41 bits per heavy atom. The molecule has 0 aliphatic rings. The zero-order chi connectivity index (χ0) is 19.7. The monoisotopic (exact) mass is 364 g/mol. The van der Waals surface area contributed by atoms with E-state index >= 15 is 0 Å². The van der Waals surface area contributed by atoms with Crippen LogP contribution in [-0.4, -0.2) is 28.3 Å². The van der Waals surface area contributed by atoms with Crippen LogP contribution < -0.4 is 4.90 Å². The van der Waals surface area contributed by atoms with E-state index in [4.69, 9.17) is 4.98 Å². The predicted molar refractivity (Wildman–Crippen MR) is 109 cm³/mol.